The zero-order valence-electron chi connectivity index (χ0n) is 21.5. The fourth-order valence-corrected chi connectivity index (χ4v) is 6.01. The molecule has 1 aromatic carbocycles. The summed E-state index contributed by atoms with van der Waals surface area (Å²) in [6, 6.07) is 13.6. The number of nitrogens with zero attached hydrogens (tertiary/aromatic N) is 3. The molecule has 1 fully saturated rings. The van der Waals surface area contributed by atoms with Gasteiger partial charge in [0.15, 0.2) is 0 Å². The predicted molar refractivity (Wildman–Crippen MR) is 144 cm³/mol. The normalized spacial score (nSPS) is 24.8. The Morgan fingerprint density at radius 1 is 1.03 bits per heavy atom. The highest BCUT2D eigenvalue weighted by molar-refractivity contribution is 6.06. The lowest BCUT2D eigenvalue weighted by Gasteiger charge is -2.34. The summed E-state index contributed by atoms with van der Waals surface area (Å²) in [5.74, 6) is 1.95. The van der Waals surface area contributed by atoms with Crippen molar-refractivity contribution in [2.45, 2.75) is 90.5 Å². The van der Waals surface area contributed by atoms with Crippen LogP contribution in [0.25, 0.3) is 0 Å². The van der Waals surface area contributed by atoms with Gasteiger partial charge in [0.25, 0.3) is 0 Å². The van der Waals surface area contributed by atoms with Crippen molar-refractivity contribution in [2.75, 3.05) is 6.54 Å². The van der Waals surface area contributed by atoms with Gasteiger partial charge in [-0.3, -0.25) is 9.99 Å². The van der Waals surface area contributed by atoms with Crippen LogP contribution in [0.5, 0.6) is 0 Å². The molecule has 0 bridgehead atoms. The molecule has 0 amide bonds. The Morgan fingerprint density at radius 2 is 1.76 bits per heavy atom. The Bertz CT molecular complexity index is 956. The van der Waals surface area contributed by atoms with Gasteiger partial charge in [-0.05, 0) is 74.0 Å². The second-order valence-corrected chi connectivity index (χ2v) is 10.6. The van der Waals surface area contributed by atoms with Gasteiger partial charge in [-0.2, -0.15) is 5.10 Å². The van der Waals surface area contributed by atoms with Crippen LogP contribution in [0.1, 0.15) is 94.7 Å². The number of pyridine rings is 1. The Kier molecular flexibility index (Phi) is 8.59. The van der Waals surface area contributed by atoms with Gasteiger partial charge in [-0.25, -0.2) is 0 Å². The average Bonchev–Trinajstić information content (AvgIpc) is 3.23. The molecule has 0 radical (unpaired) electrons. The third-order valence-electron chi connectivity index (χ3n) is 8.00. The molecule has 182 valence electrons. The molecule has 2 aromatic rings. The topological polar surface area (TPSA) is 28.5 Å². The second kappa shape index (κ2) is 11.8. The number of benzene rings is 1. The first-order chi connectivity index (χ1) is 16.6. The zero-order chi connectivity index (χ0) is 23.9. The van der Waals surface area contributed by atoms with Crippen LogP contribution in [0.2, 0.25) is 0 Å². The summed E-state index contributed by atoms with van der Waals surface area (Å²) in [6.07, 6.45) is 15.5. The van der Waals surface area contributed by atoms with Crippen molar-refractivity contribution in [2.24, 2.45) is 16.9 Å². The summed E-state index contributed by atoms with van der Waals surface area (Å²) in [6.45, 7) is 11.8. The second-order valence-electron chi connectivity index (χ2n) is 10.6. The zero-order valence-corrected chi connectivity index (χ0v) is 21.5. The third-order valence-corrected chi connectivity index (χ3v) is 8.00. The first-order valence-electron chi connectivity index (χ1n) is 13.6. The Hall–Kier alpha value is -2.42. The van der Waals surface area contributed by atoms with E-state index >= 15 is 0 Å². The molecular formula is C31H43N3. The van der Waals surface area contributed by atoms with Gasteiger partial charge in [-0.1, -0.05) is 75.1 Å². The van der Waals surface area contributed by atoms with E-state index in [0.717, 1.165) is 31.2 Å². The lowest BCUT2D eigenvalue weighted by atomic mass is 9.79. The van der Waals surface area contributed by atoms with E-state index in [2.05, 4.69) is 79.9 Å². The molecule has 4 rings (SSSR count). The molecule has 0 spiro atoms. The summed E-state index contributed by atoms with van der Waals surface area (Å²) in [4.78, 5) is 4.60. The van der Waals surface area contributed by atoms with Gasteiger partial charge >= 0.3 is 0 Å². The Labute approximate surface area is 207 Å². The monoisotopic (exact) mass is 457 g/mol. The molecule has 0 N–H and O–H groups in total. The highest BCUT2D eigenvalue weighted by Crippen LogP contribution is 2.39. The number of hydrogen-bond donors (Lipinski definition) is 0. The molecule has 1 aliphatic heterocycles. The molecule has 2 aliphatic rings. The van der Waals surface area contributed by atoms with Gasteiger partial charge in [0.05, 0.1) is 17.7 Å². The number of rotatable bonds is 10. The molecule has 3 heteroatoms. The highest BCUT2D eigenvalue weighted by atomic mass is 15.5. The lowest BCUT2D eigenvalue weighted by molar-refractivity contribution is 0.146. The maximum absolute atomic E-state index is 5.32. The van der Waals surface area contributed by atoms with Crippen LogP contribution < -0.4 is 0 Å². The van der Waals surface area contributed by atoms with E-state index in [1.807, 2.05) is 6.20 Å². The van der Waals surface area contributed by atoms with Crippen molar-refractivity contribution >= 4 is 5.71 Å². The van der Waals surface area contributed by atoms with Crippen LogP contribution in [0.4, 0.5) is 0 Å². The van der Waals surface area contributed by atoms with E-state index in [-0.39, 0.29) is 5.92 Å². The number of allylic oxidation sites excluding steroid dienone is 1. The molecule has 2 heterocycles. The maximum Gasteiger partial charge on any atom is 0.0774 e. The highest BCUT2D eigenvalue weighted by Gasteiger charge is 2.39. The molecule has 1 aromatic heterocycles. The fourth-order valence-electron chi connectivity index (χ4n) is 6.01. The summed E-state index contributed by atoms with van der Waals surface area (Å²) >= 11 is 0. The number of aryl methyl sites for hydroxylation is 1. The van der Waals surface area contributed by atoms with Gasteiger partial charge in [0, 0.05) is 18.9 Å². The fraction of sp³-hybridized carbons (Fsp3) is 0.548. The Balaban J connectivity index is 1.49. The summed E-state index contributed by atoms with van der Waals surface area (Å²) in [5, 5.41) is 7.77. The van der Waals surface area contributed by atoms with Crippen LogP contribution in [-0.4, -0.2) is 28.3 Å². The first-order valence-corrected chi connectivity index (χ1v) is 13.6. The van der Waals surface area contributed by atoms with Crippen molar-refractivity contribution in [1.29, 1.82) is 0 Å². The van der Waals surface area contributed by atoms with Gasteiger partial charge in [-0.15, -0.1) is 6.58 Å². The van der Waals surface area contributed by atoms with Crippen LogP contribution >= 0.6 is 0 Å². The van der Waals surface area contributed by atoms with Crippen molar-refractivity contribution in [3.05, 3.63) is 77.6 Å². The smallest absolute Gasteiger partial charge is 0.0774 e. The molecule has 34 heavy (non-hydrogen) atoms. The molecule has 0 saturated heterocycles. The number of aromatic nitrogens is 1. The van der Waals surface area contributed by atoms with Crippen molar-refractivity contribution in [3.8, 4) is 0 Å². The van der Waals surface area contributed by atoms with Crippen molar-refractivity contribution in [3.63, 3.8) is 0 Å². The van der Waals surface area contributed by atoms with Crippen LogP contribution in [0.15, 0.2) is 66.0 Å². The van der Waals surface area contributed by atoms with Gasteiger partial charge in [0.2, 0.25) is 0 Å². The summed E-state index contributed by atoms with van der Waals surface area (Å²) in [7, 11) is 0. The van der Waals surface area contributed by atoms with Crippen molar-refractivity contribution < 1.29 is 0 Å². The molecule has 1 saturated carbocycles. The maximum atomic E-state index is 5.32. The standard InChI is InChI=1S/C31H43N3/c1-5-24-19-28(21-32-20-24)30-29(6-2)34(33-31(30)27-13-8-7-9-14-27)22-26-17-15-25(16-18-26)12-10-11-23(3)4/h7-9,13-14,19-21,25-26,29-30H,3,5-6,10-12,15-18,22H2,1-2,4H3. The molecule has 1 aliphatic carbocycles. The summed E-state index contributed by atoms with van der Waals surface area (Å²) in [5.41, 5.74) is 6.42. The van der Waals surface area contributed by atoms with E-state index in [0.29, 0.717) is 6.04 Å². The number of hydrazone groups is 1. The van der Waals surface area contributed by atoms with E-state index in [1.54, 1.807) is 0 Å². The first kappa shape index (κ1) is 24.7. The van der Waals surface area contributed by atoms with Crippen molar-refractivity contribution in [1.82, 2.24) is 9.99 Å². The molecule has 2 atom stereocenters. The van der Waals surface area contributed by atoms with Gasteiger partial charge in [0.1, 0.15) is 0 Å². The van der Waals surface area contributed by atoms with E-state index in [1.165, 1.54) is 72.9 Å². The SMILES string of the molecule is C=C(C)CCCC1CCC(CN2N=C(c3ccccc3)C(c3cncc(CC)c3)C2CC)CC1. The molecule has 3 nitrogen and oxygen atoms in total. The third kappa shape index (κ3) is 5.98. The van der Waals surface area contributed by atoms with E-state index in [9.17, 15) is 0 Å². The summed E-state index contributed by atoms with van der Waals surface area (Å²) < 4.78 is 0. The van der Waals surface area contributed by atoms with Crippen LogP contribution in [-0.2, 0) is 6.42 Å². The minimum absolute atomic E-state index is 0.282. The predicted octanol–water partition coefficient (Wildman–Crippen LogP) is 7.78. The minimum atomic E-state index is 0.282. The van der Waals surface area contributed by atoms with Crippen LogP contribution in [0, 0.1) is 11.8 Å². The van der Waals surface area contributed by atoms with E-state index in [4.69, 9.17) is 5.10 Å². The van der Waals surface area contributed by atoms with Crippen LogP contribution in [0.3, 0.4) is 0 Å². The lowest BCUT2D eigenvalue weighted by Crippen LogP contribution is -2.36. The average molecular weight is 458 g/mol. The van der Waals surface area contributed by atoms with E-state index < -0.39 is 0 Å². The quantitative estimate of drug-likeness (QED) is 0.341. The molecule has 2 unspecified atom stereocenters. The Morgan fingerprint density at radius 3 is 2.44 bits per heavy atom. The minimum Gasteiger partial charge on any atom is -0.292 e. The largest absolute Gasteiger partial charge is 0.292 e. The van der Waals surface area contributed by atoms with Gasteiger partial charge < -0.3 is 0 Å². The molecular weight excluding hydrogens is 414 g/mol. The number of hydrogen-bond acceptors (Lipinski definition) is 3.